The van der Waals surface area contributed by atoms with E-state index in [0.29, 0.717) is 30.7 Å². The Labute approximate surface area is 178 Å². The molecule has 0 unspecified atom stereocenters. The summed E-state index contributed by atoms with van der Waals surface area (Å²) in [4.78, 5) is 29.8. The molecule has 9 nitrogen and oxygen atoms in total. The van der Waals surface area contributed by atoms with Gasteiger partial charge < -0.3 is 25.3 Å². The largest absolute Gasteiger partial charge is 0.424 e. The Bertz CT molecular complexity index is 1260. The van der Waals surface area contributed by atoms with Crippen LogP contribution in [0.4, 0.5) is 11.7 Å². The minimum absolute atomic E-state index is 0.135. The molecule has 5 rings (SSSR count). The van der Waals surface area contributed by atoms with Crippen molar-refractivity contribution in [3.63, 3.8) is 0 Å². The zero-order valence-corrected chi connectivity index (χ0v) is 17.2. The van der Waals surface area contributed by atoms with Gasteiger partial charge in [-0.1, -0.05) is 0 Å². The number of fused-ring (bicyclic) bond motifs is 2. The second-order valence-electron chi connectivity index (χ2n) is 7.56. The number of benzene rings is 1. The van der Waals surface area contributed by atoms with Gasteiger partial charge in [0.1, 0.15) is 5.52 Å². The number of hydrogen-bond acceptors (Lipinski definition) is 8. The molecule has 0 radical (unpaired) electrons. The van der Waals surface area contributed by atoms with E-state index in [0.717, 1.165) is 41.1 Å². The second kappa shape index (κ2) is 7.84. The van der Waals surface area contributed by atoms with Gasteiger partial charge in [0.15, 0.2) is 5.58 Å². The van der Waals surface area contributed by atoms with E-state index in [1.807, 2.05) is 41.4 Å². The Hall–Kier alpha value is -3.72. The van der Waals surface area contributed by atoms with E-state index in [1.165, 1.54) is 0 Å². The Kier molecular flexibility index (Phi) is 4.87. The number of nitrogen functional groups attached to an aromatic ring is 1. The highest BCUT2D eigenvalue weighted by molar-refractivity contribution is 5.84. The zero-order valence-electron chi connectivity index (χ0n) is 17.2. The van der Waals surface area contributed by atoms with Gasteiger partial charge in [0, 0.05) is 31.7 Å². The number of anilines is 2. The van der Waals surface area contributed by atoms with Crippen LogP contribution in [0, 0.1) is 0 Å². The highest BCUT2D eigenvalue weighted by Crippen LogP contribution is 2.27. The lowest BCUT2D eigenvalue weighted by Crippen LogP contribution is -2.50. The van der Waals surface area contributed by atoms with Crippen LogP contribution in [0.25, 0.3) is 33.4 Å². The van der Waals surface area contributed by atoms with Crippen LogP contribution in [0.15, 0.2) is 47.0 Å². The standard InChI is InChI=1S/C22H23N7O2/c1-24-13-21(30)29-8-6-28(7-9-29)15-11-18-17(25-12-15)4-3-16(26-18)14-2-5-20-19(10-14)27-22(23)31-20/h2-5,10-12,24H,6-9,13H2,1H3,(H2,23,27). The fraction of sp³-hybridized carbons (Fsp3) is 0.273. The second-order valence-corrected chi connectivity index (χ2v) is 7.56. The van der Waals surface area contributed by atoms with Gasteiger partial charge >= 0.3 is 0 Å². The van der Waals surface area contributed by atoms with Crippen LogP contribution in [0.1, 0.15) is 0 Å². The van der Waals surface area contributed by atoms with Gasteiger partial charge in [-0.05, 0) is 43.4 Å². The van der Waals surface area contributed by atoms with Gasteiger partial charge in [-0.3, -0.25) is 9.78 Å². The molecule has 158 valence electrons. The van der Waals surface area contributed by atoms with Crippen LogP contribution < -0.4 is 16.0 Å². The van der Waals surface area contributed by atoms with Crippen LogP contribution >= 0.6 is 0 Å². The average molecular weight is 417 g/mol. The zero-order chi connectivity index (χ0) is 21.4. The monoisotopic (exact) mass is 417 g/mol. The van der Waals surface area contributed by atoms with Crippen molar-refractivity contribution in [3.8, 4) is 11.3 Å². The summed E-state index contributed by atoms with van der Waals surface area (Å²) in [6.07, 6.45) is 1.87. The number of nitrogens with zero attached hydrogens (tertiary/aromatic N) is 5. The topological polar surface area (TPSA) is 113 Å². The molecule has 3 N–H and O–H groups in total. The number of nitrogens with two attached hydrogens (primary N) is 1. The summed E-state index contributed by atoms with van der Waals surface area (Å²) in [5.74, 6) is 0.135. The number of piperazine rings is 1. The lowest BCUT2D eigenvalue weighted by Gasteiger charge is -2.36. The van der Waals surface area contributed by atoms with E-state index in [2.05, 4.69) is 26.3 Å². The Balaban J connectivity index is 1.40. The molecule has 4 heterocycles. The first-order valence-electron chi connectivity index (χ1n) is 10.2. The molecule has 0 atom stereocenters. The van der Waals surface area contributed by atoms with Crippen molar-refractivity contribution in [2.75, 3.05) is 50.4 Å². The molecule has 0 aliphatic carbocycles. The third kappa shape index (κ3) is 3.75. The number of oxazole rings is 1. The summed E-state index contributed by atoms with van der Waals surface area (Å²) in [7, 11) is 1.79. The smallest absolute Gasteiger partial charge is 0.292 e. The van der Waals surface area contributed by atoms with Crippen molar-refractivity contribution in [1.82, 2.24) is 25.2 Å². The summed E-state index contributed by atoms with van der Waals surface area (Å²) in [6.45, 7) is 3.32. The van der Waals surface area contributed by atoms with Crippen molar-refractivity contribution in [2.24, 2.45) is 0 Å². The average Bonchev–Trinajstić information content (AvgIpc) is 3.18. The summed E-state index contributed by atoms with van der Waals surface area (Å²) in [5, 5.41) is 2.92. The lowest BCUT2D eigenvalue weighted by atomic mass is 10.1. The highest BCUT2D eigenvalue weighted by Gasteiger charge is 2.21. The van der Waals surface area contributed by atoms with Gasteiger partial charge in [-0.25, -0.2) is 4.98 Å². The van der Waals surface area contributed by atoms with Crippen LogP contribution in [0.5, 0.6) is 0 Å². The van der Waals surface area contributed by atoms with Crippen molar-refractivity contribution in [1.29, 1.82) is 0 Å². The number of nitrogens with one attached hydrogen (secondary N) is 1. The fourth-order valence-corrected chi connectivity index (χ4v) is 3.91. The maximum Gasteiger partial charge on any atom is 0.292 e. The number of aromatic nitrogens is 3. The maximum absolute atomic E-state index is 12.1. The van der Waals surface area contributed by atoms with Crippen molar-refractivity contribution >= 4 is 39.7 Å². The Morgan fingerprint density at radius 1 is 1.06 bits per heavy atom. The van der Waals surface area contributed by atoms with Crippen LogP contribution in [0.3, 0.4) is 0 Å². The van der Waals surface area contributed by atoms with Gasteiger partial charge in [0.2, 0.25) is 5.91 Å². The number of amides is 1. The van der Waals surface area contributed by atoms with E-state index in [9.17, 15) is 4.79 Å². The minimum atomic E-state index is 0.135. The molecule has 4 aromatic rings. The molecule has 0 spiro atoms. The van der Waals surface area contributed by atoms with Gasteiger partial charge in [0.05, 0.1) is 35.2 Å². The van der Waals surface area contributed by atoms with Gasteiger partial charge in [-0.2, -0.15) is 4.98 Å². The normalized spacial score (nSPS) is 14.5. The molecule has 0 bridgehead atoms. The number of likely N-dealkylation sites (N-methyl/N-ethyl adjacent to an activating group) is 1. The molecular weight excluding hydrogens is 394 g/mol. The summed E-state index contributed by atoms with van der Waals surface area (Å²) in [6, 6.07) is 11.8. The Morgan fingerprint density at radius 3 is 2.71 bits per heavy atom. The molecule has 1 saturated heterocycles. The number of carbonyl (C=O) groups excluding carboxylic acids is 1. The highest BCUT2D eigenvalue weighted by atomic mass is 16.4. The molecule has 1 aromatic carbocycles. The fourth-order valence-electron chi connectivity index (χ4n) is 3.91. The van der Waals surface area contributed by atoms with E-state index in [1.54, 1.807) is 7.05 Å². The minimum Gasteiger partial charge on any atom is -0.424 e. The van der Waals surface area contributed by atoms with E-state index in [4.69, 9.17) is 15.1 Å². The first kappa shape index (κ1) is 19.3. The summed E-state index contributed by atoms with van der Waals surface area (Å²) >= 11 is 0. The first-order chi connectivity index (χ1) is 15.1. The van der Waals surface area contributed by atoms with Gasteiger partial charge in [-0.15, -0.1) is 0 Å². The molecule has 3 aromatic heterocycles. The molecular formula is C22H23N7O2. The van der Waals surface area contributed by atoms with E-state index in [-0.39, 0.29) is 11.9 Å². The number of carbonyl (C=O) groups is 1. The van der Waals surface area contributed by atoms with Crippen molar-refractivity contribution in [2.45, 2.75) is 0 Å². The molecule has 1 aliphatic rings. The molecule has 1 fully saturated rings. The Morgan fingerprint density at radius 2 is 1.90 bits per heavy atom. The van der Waals surface area contributed by atoms with Crippen molar-refractivity contribution < 1.29 is 9.21 Å². The SMILES string of the molecule is CNCC(=O)N1CCN(c2cnc3ccc(-c4ccc5oc(N)nc5c4)nc3c2)CC1. The lowest BCUT2D eigenvalue weighted by molar-refractivity contribution is -0.130. The van der Waals surface area contributed by atoms with E-state index >= 15 is 0 Å². The number of pyridine rings is 2. The van der Waals surface area contributed by atoms with Crippen LogP contribution in [-0.4, -0.2) is 65.5 Å². The maximum atomic E-state index is 12.1. The molecule has 0 saturated carbocycles. The summed E-state index contributed by atoms with van der Waals surface area (Å²) in [5.41, 5.74) is 11.4. The number of hydrogen-bond donors (Lipinski definition) is 2. The molecule has 9 heteroatoms. The third-order valence-corrected chi connectivity index (χ3v) is 5.55. The predicted octanol–water partition coefficient (Wildman–Crippen LogP) is 1.89. The van der Waals surface area contributed by atoms with Gasteiger partial charge in [0.25, 0.3) is 6.01 Å². The summed E-state index contributed by atoms with van der Waals surface area (Å²) < 4.78 is 5.35. The number of rotatable bonds is 4. The molecule has 31 heavy (non-hydrogen) atoms. The first-order valence-corrected chi connectivity index (χ1v) is 10.2. The quantitative estimate of drug-likeness (QED) is 0.518. The molecule has 1 aliphatic heterocycles. The van der Waals surface area contributed by atoms with Crippen molar-refractivity contribution in [3.05, 3.63) is 42.6 Å². The third-order valence-electron chi connectivity index (χ3n) is 5.55. The molecule has 1 amide bonds. The van der Waals surface area contributed by atoms with E-state index < -0.39 is 0 Å². The van der Waals surface area contributed by atoms with Crippen LogP contribution in [0.2, 0.25) is 0 Å². The van der Waals surface area contributed by atoms with Crippen LogP contribution in [-0.2, 0) is 4.79 Å². The predicted molar refractivity (Wildman–Crippen MR) is 120 cm³/mol.